The normalized spacial score (nSPS) is 18.1. The van der Waals surface area contributed by atoms with Gasteiger partial charge in [0.1, 0.15) is 0 Å². The molecule has 0 unspecified atom stereocenters. The molecule has 1 fully saturated rings. The number of thiophene rings is 1. The Morgan fingerprint density at radius 3 is 2.86 bits per heavy atom. The third-order valence-corrected chi connectivity index (χ3v) is 3.99. The van der Waals surface area contributed by atoms with Gasteiger partial charge in [0.25, 0.3) is 0 Å². The molecule has 1 aromatic rings. The van der Waals surface area contributed by atoms with Gasteiger partial charge in [0.05, 0.1) is 5.41 Å². The molecule has 0 radical (unpaired) electrons. The number of carboxylic acid groups (broad SMARTS) is 1. The van der Waals surface area contributed by atoms with Crippen molar-refractivity contribution in [2.75, 3.05) is 0 Å². The summed E-state index contributed by atoms with van der Waals surface area (Å²) in [6.45, 7) is 2.12. The molecule has 0 aliphatic heterocycles. The van der Waals surface area contributed by atoms with Crippen molar-refractivity contribution >= 4 is 17.3 Å². The van der Waals surface area contributed by atoms with E-state index >= 15 is 0 Å². The van der Waals surface area contributed by atoms with E-state index in [2.05, 4.69) is 18.4 Å². The lowest BCUT2D eigenvalue weighted by Gasteiger charge is -2.08. The fraction of sp³-hybridized carbons (Fsp3) is 0.545. The molecule has 1 heterocycles. The minimum atomic E-state index is -0.618. The van der Waals surface area contributed by atoms with E-state index in [9.17, 15) is 4.79 Å². The monoisotopic (exact) mass is 210 g/mol. The summed E-state index contributed by atoms with van der Waals surface area (Å²) in [6, 6.07) is 2.11. The molecule has 0 bridgehead atoms. The van der Waals surface area contributed by atoms with Crippen LogP contribution in [-0.2, 0) is 17.6 Å². The summed E-state index contributed by atoms with van der Waals surface area (Å²) in [5, 5.41) is 11.1. The van der Waals surface area contributed by atoms with Crippen LogP contribution in [0.5, 0.6) is 0 Å². The maximum Gasteiger partial charge on any atom is 0.309 e. The van der Waals surface area contributed by atoms with Crippen molar-refractivity contribution < 1.29 is 9.90 Å². The van der Waals surface area contributed by atoms with Gasteiger partial charge in [-0.2, -0.15) is 0 Å². The van der Waals surface area contributed by atoms with Crippen LogP contribution in [-0.4, -0.2) is 11.1 Å². The van der Waals surface area contributed by atoms with E-state index in [4.69, 9.17) is 5.11 Å². The van der Waals surface area contributed by atoms with Gasteiger partial charge >= 0.3 is 5.97 Å². The molecule has 0 atom stereocenters. The van der Waals surface area contributed by atoms with E-state index in [0.29, 0.717) is 0 Å². The van der Waals surface area contributed by atoms with E-state index < -0.39 is 11.4 Å². The first-order valence-electron chi connectivity index (χ1n) is 4.96. The Labute approximate surface area is 87.6 Å². The van der Waals surface area contributed by atoms with E-state index in [1.54, 1.807) is 11.3 Å². The lowest BCUT2D eigenvalue weighted by atomic mass is 9.99. The second-order valence-corrected chi connectivity index (χ2v) is 4.99. The van der Waals surface area contributed by atoms with Crippen LogP contribution in [0.2, 0.25) is 0 Å². The highest BCUT2D eigenvalue weighted by atomic mass is 32.1. The van der Waals surface area contributed by atoms with Crippen molar-refractivity contribution in [3.63, 3.8) is 0 Å². The van der Waals surface area contributed by atoms with Crippen LogP contribution >= 0.6 is 11.3 Å². The maximum absolute atomic E-state index is 11.0. The standard InChI is InChI=1S/C11H14O2S/c1-2-8-3-6-14-9(8)7-11(4-5-11)10(12)13/h3,6H,2,4-5,7H2,1H3,(H,12,13). The molecule has 1 saturated carbocycles. The van der Waals surface area contributed by atoms with Crippen molar-refractivity contribution in [3.8, 4) is 0 Å². The van der Waals surface area contributed by atoms with Crippen molar-refractivity contribution in [1.29, 1.82) is 0 Å². The molecule has 1 N–H and O–H groups in total. The lowest BCUT2D eigenvalue weighted by molar-refractivity contribution is -0.143. The highest BCUT2D eigenvalue weighted by molar-refractivity contribution is 7.10. The van der Waals surface area contributed by atoms with E-state index in [-0.39, 0.29) is 0 Å². The second-order valence-electron chi connectivity index (χ2n) is 3.98. The molecular weight excluding hydrogens is 196 g/mol. The first-order valence-corrected chi connectivity index (χ1v) is 5.84. The second kappa shape index (κ2) is 3.39. The van der Waals surface area contributed by atoms with Gasteiger partial charge in [-0.3, -0.25) is 4.79 Å². The van der Waals surface area contributed by atoms with Crippen molar-refractivity contribution in [1.82, 2.24) is 0 Å². The zero-order chi connectivity index (χ0) is 10.2. The topological polar surface area (TPSA) is 37.3 Å². The molecule has 0 saturated heterocycles. The Kier molecular flexibility index (Phi) is 2.35. The van der Waals surface area contributed by atoms with Crippen LogP contribution in [0.1, 0.15) is 30.2 Å². The molecule has 1 aliphatic carbocycles. The average molecular weight is 210 g/mol. The minimum Gasteiger partial charge on any atom is -0.481 e. The Bertz CT molecular complexity index is 350. The number of carbonyl (C=O) groups is 1. The van der Waals surface area contributed by atoms with E-state index in [0.717, 1.165) is 25.7 Å². The predicted octanol–water partition coefficient (Wildman–Crippen LogP) is 2.72. The SMILES string of the molecule is CCc1ccsc1CC1(C(=O)O)CC1. The fourth-order valence-electron chi connectivity index (χ4n) is 1.76. The molecule has 3 heteroatoms. The van der Waals surface area contributed by atoms with E-state index in [1.807, 2.05) is 0 Å². The smallest absolute Gasteiger partial charge is 0.309 e. The quantitative estimate of drug-likeness (QED) is 0.829. The summed E-state index contributed by atoms with van der Waals surface area (Å²) >= 11 is 1.70. The van der Waals surface area contributed by atoms with Gasteiger partial charge in [0.2, 0.25) is 0 Å². The van der Waals surface area contributed by atoms with Crippen LogP contribution in [0, 0.1) is 5.41 Å². The number of rotatable bonds is 4. The zero-order valence-electron chi connectivity index (χ0n) is 8.25. The number of aryl methyl sites for hydroxylation is 1. The van der Waals surface area contributed by atoms with Gasteiger partial charge in [-0.1, -0.05) is 6.92 Å². The van der Waals surface area contributed by atoms with Crippen LogP contribution in [0.25, 0.3) is 0 Å². The van der Waals surface area contributed by atoms with Gasteiger partial charge < -0.3 is 5.11 Å². The van der Waals surface area contributed by atoms with Gasteiger partial charge in [-0.15, -0.1) is 11.3 Å². The van der Waals surface area contributed by atoms with Gasteiger partial charge in [-0.25, -0.2) is 0 Å². The number of aliphatic carboxylic acids is 1. The maximum atomic E-state index is 11.0. The minimum absolute atomic E-state index is 0.408. The third-order valence-electron chi connectivity index (χ3n) is 3.02. The number of carboxylic acids is 1. The van der Waals surface area contributed by atoms with Gasteiger partial charge in [0, 0.05) is 4.88 Å². The fourth-order valence-corrected chi connectivity index (χ4v) is 2.88. The highest BCUT2D eigenvalue weighted by Gasteiger charge is 2.50. The molecule has 14 heavy (non-hydrogen) atoms. The third kappa shape index (κ3) is 1.57. The summed E-state index contributed by atoms with van der Waals surface area (Å²) in [6.07, 6.45) is 3.45. The first kappa shape index (κ1) is 9.71. The summed E-state index contributed by atoms with van der Waals surface area (Å²) in [4.78, 5) is 12.3. The lowest BCUT2D eigenvalue weighted by Crippen LogP contribution is -2.17. The van der Waals surface area contributed by atoms with Crippen LogP contribution in [0.15, 0.2) is 11.4 Å². The van der Waals surface area contributed by atoms with Crippen molar-refractivity contribution in [2.45, 2.75) is 32.6 Å². The van der Waals surface area contributed by atoms with E-state index in [1.165, 1.54) is 10.4 Å². The van der Waals surface area contributed by atoms with Crippen molar-refractivity contribution in [2.24, 2.45) is 5.41 Å². The zero-order valence-corrected chi connectivity index (χ0v) is 9.06. The molecule has 1 aromatic heterocycles. The van der Waals surface area contributed by atoms with Gasteiger partial charge in [0.15, 0.2) is 0 Å². The molecule has 76 valence electrons. The number of hydrogen-bond donors (Lipinski definition) is 1. The van der Waals surface area contributed by atoms with Crippen LogP contribution < -0.4 is 0 Å². The Balaban J connectivity index is 2.15. The largest absolute Gasteiger partial charge is 0.481 e. The molecule has 2 rings (SSSR count). The van der Waals surface area contributed by atoms with Gasteiger partial charge in [-0.05, 0) is 42.7 Å². The molecular formula is C11H14O2S. The molecule has 2 nitrogen and oxygen atoms in total. The Morgan fingerprint density at radius 2 is 2.36 bits per heavy atom. The summed E-state index contributed by atoms with van der Waals surface area (Å²) in [5.74, 6) is -0.618. The Morgan fingerprint density at radius 1 is 1.64 bits per heavy atom. The highest BCUT2D eigenvalue weighted by Crippen LogP contribution is 2.49. The first-order chi connectivity index (χ1) is 6.68. The Hall–Kier alpha value is -0.830. The predicted molar refractivity (Wildman–Crippen MR) is 56.7 cm³/mol. The molecule has 0 amide bonds. The molecule has 0 aromatic carbocycles. The van der Waals surface area contributed by atoms with Crippen molar-refractivity contribution in [3.05, 3.63) is 21.9 Å². The number of hydrogen-bond acceptors (Lipinski definition) is 2. The summed E-state index contributed by atoms with van der Waals surface area (Å²) in [7, 11) is 0. The summed E-state index contributed by atoms with van der Waals surface area (Å²) < 4.78 is 0. The summed E-state index contributed by atoms with van der Waals surface area (Å²) in [5.41, 5.74) is 0.914. The molecule has 1 aliphatic rings. The molecule has 0 spiro atoms. The average Bonchev–Trinajstić information content (AvgIpc) is 2.79. The van der Waals surface area contributed by atoms with Crippen LogP contribution in [0.4, 0.5) is 0 Å². The van der Waals surface area contributed by atoms with Crippen LogP contribution in [0.3, 0.4) is 0 Å².